The number of ketones is 1. The zero-order valence-electron chi connectivity index (χ0n) is 11.0. The molecule has 1 atom stereocenters. The van der Waals surface area contributed by atoms with Crippen LogP contribution in [0.1, 0.15) is 37.6 Å². The Morgan fingerprint density at radius 3 is 2.44 bits per heavy atom. The molecule has 0 fully saturated rings. The fourth-order valence-corrected chi connectivity index (χ4v) is 1.78. The van der Waals surface area contributed by atoms with Gasteiger partial charge in [0.1, 0.15) is 0 Å². The molecule has 0 aliphatic carbocycles. The minimum absolute atomic E-state index is 0.184. The second-order valence-corrected chi connectivity index (χ2v) is 4.37. The second-order valence-electron chi connectivity index (χ2n) is 4.37. The van der Waals surface area contributed by atoms with Crippen LogP contribution in [0.25, 0.3) is 0 Å². The number of rotatable bonds is 6. The van der Waals surface area contributed by atoms with Gasteiger partial charge in [0, 0.05) is 11.6 Å². The van der Waals surface area contributed by atoms with Crippen LogP contribution in [0.4, 0.5) is 8.78 Å². The van der Waals surface area contributed by atoms with E-state index in [4.69, 9.17) is 0 Å². The molecule has 0 amide bonds. The molecule has 0 bridgehead atoms. The van der Waals surface area contributed by atoms with Gasteiger partial charge in [0.15, 0.2) is 17.4 Å². The quantitative estimate of drug-likeness (QED) is 0.727. The molecular weight excluding hydrogens is 236 g/mol. The molecule has 0 saturated carbocycles. The second kappa shape index (κ2) is 6.59. The first-order valence-electron chi connectivity index (χ1n) is 6.21. The van der Waals surface area contributed by atoms with Crippen LogP contribution < -0.4 is 0 Å². The van der Waals surface area contributed by atoms with Gasteiger partial charge in [-0.3, -0.25) is 9.69 Å². The lowest BCUT2D eigenvalue weighted by Gasteiger charge is -2.26. The molecule has 4 heteroatoms. The molecule has 0 aliphatic heterocycles. The summed E-state index contributed by atoms with van der Waals surface area (Å²) < 4.78 is 25.8. The van der Waals surface area contributed by atoms with Crippen LogP contribution in [0.5, 0.6) is 0 Å². The molecule has 0 aromatic heterocycles. The third-order valence-electron chi connectivity index (χ3n) is 3.21. The van der Waals surface area contributed by atoms with Gasteiger partial charge < -0.3 is 0 Å². The van der Waals surface area contributed by atoms with Crippen molar-refractivity contribution in [3.63, 3.8) is 0 Å². The number of Topliss-reactive ketones (excluding diaryl/α,β-unsaturated/α-hetero) is 1. The Balaban J connectivity index is 2.77. The van der Waals surface area contributed by atoms with Gasteiger partial charge in [0.2, 0.25) is 0 Å². The SMILES string of the molecule is CCC(C)N(CC)CC(=O)c1ccc(F)c(F)c1. The number of nitrogens with zero attached hydrogens (tertiary/aromatic N) is 1. The van der Waals surface area contributed by atoms with E-state index in [1.807, 2.05) is 18.7 Å². The number of benzene rings is 1. The molecule has 0 spiro atoms. The third-order valence-corrected chi connectivity index (χ3v) is 3.21. The highest BCUT2D eigenvalue weighted by Crippen LogP contribution is 2.11. The van der Waals surface area contributed by atoms with Crippen molar-refractivity contribution in [1.29, 1.82) is 0 Å². The summed E-state index contributed by atoms with van der Waals surface area (Å²) in [7, 11) is 0. The maximum Gasteiger partial charge on any atom is 0.176 e. The number of carbonyl (C=O) groups is 1. The molecule has 1 unspecified atom stereocenters. The molecule has 0 aliphatic rings. The van der Waals surface area contributed by atoms with Crippen molar-refractivity contribution in [3.05, 3.63) is 35.4 Å². The molecule has 1 rings (SSSR count). The van der Waals surface area contributed by atoms with Crippen molar-refractivity contribution in [2.24, 2.45) is 0 Å². The summed E-state index contributed by atoms with van der Waals surface area (Å²) in [6.07, 6.45) is 0.943. The van der Waals surface area contributed by atoms with Crippen LogP contribution in [0.2, 0.25) is 0 Å². The topological polar surface area (TPSA) is 20.3 Å². The van der Waals surface area contributed by atoms with Gasteiger partial charge in [0.25, 0.3) is 0 Å². The van der Waals surface area contributed by atoms with E-state index in [9.17, 15) is 13.6 Å². The van der Waals surface area contributed by atoms with E-state index in [-0.39, 0.29) is 17.9 Å². The van der Waals surface area contributed by atoms with Crippen LogP contribution in [-0.2, 0) is 0 Å². The smallest absolute Gasteiger partial charge is 0.176 e. The monoisotopic (exact) mass is 255 g/mol. The summed E-state index contributed by atoms with van der Waals surface area (Å²) in [6, 6.07) is 3.57. The number of likely N-dealkylation sites (N-methyl/N-ethyl adjacent to an activating group) is 1. The van der Waals surface area contributed by atoms with Crippen molar-refractivity contribution in [2.45, 2.75) is 33.2 Å². The lowest BCUT2D eigenvalue weighted by Crippen LogP contribution is -2.36. The molecule has 1 aromatic carbocycles. The Bertz CT molecular complexity index is 420. The highest BCUT2D eigenvalue weighted by atomic mass is 19.2. The van der Waals surface area contributed by atoms with E-state index in [2.05, 4.69) is 6.92 Å². The van der Waals surface area contributed by atoms with Crippen LogP contribution in [0, 0.1) is 11.6 Å². The predicted octanol–water partition coefficient (Wildman–Crippen LogP) is 3.27. The molecular formula is C14H19F2NO. The highest BCUT2D eigenvalue weighted by Gasteiger charge is 2.16. The number of halogens is 2. The zero-order chi connectivity index (χ0) is 13.7. The first-order valence-corrected chi connectivity index (χ1v) is 6.21. The van der Waals surface area contributed by atoms with Gasteiger partial charge in [-0.15, -0.1) is 0 Å². The molecule has 100 valence electrons. The van der Waals surface area contributed by atoms with Crippen LogP contribution in [0.15, 0.2) is 18.2 Å². The van der Waals surface area contributed by atoms with E-state index >= 15 is 0 Å². The Morgan fingerprint density at radius 2 is 1.94 bits per heavy atom. The van der Waals surface area contributed by atoms with Crippen LogP contribution in [-0.4, -0.2) is 29.8 Å². The van der Waals surface area contributed by atoms with Crippen LogP contribution >= 0.6 is 0 Å². The third kappa shape index (κ3) is 3.60. The Morgan fingerprint density at radius 1 is 1.28 bits per heavy atom. The lowest BCUT2D eigenvalue weighted by molar-refractivity contribution is 0.0902. The van der Waals surface area contributed by atoms with Gasteiger partial charge in [-0.2, -0.15) is 0 Å². The standard InChI is InChI=1S/C14H19F2NO/c1-4-10(3)17(5-2)9-14(18)11-6-7-12(15)13(16)8-11/h6-8,10H,4-5,9H2,1-3H3. The maximum absolute atomic E-state index is 13.0. The minimum atomic E-state index is -0.979. The minimum Gasteiger partial charge on any atom is -0.293 e. The Hall–Kier alpha value is -1.29. The molecule has 0 heterocycles. The number of hydrogen-bond acceptors (Lipinski definition) is 2. The van der Waals surface area contributed by atoms with Gasteiger partial charge >= 0.3 is 0 Å². The van der Waals surface area contributed by atoms with Crippen molar-refractivity contribution in [3.8, 4) is 0 Å². The fourth-order valence-electron chi connectivity index (χ4n) is 1.78. The summed E-state index contributed by atoms with van der Waals surface area (Å²) in [4.78, 5) is 14.0. The zero-order valence-corrected chi connectivity index (χ0v) is 11.0. The van der Waals surface area contributed by atoms with E-state index in [1.165, 1.54) is 6.07 Å². The average Bonchev–Trinajstić information content (AvgIpc) is 2.37. The normalized spacial score (nSPS) is 12.8. The summed E-state index contributed by atoms with van der Waals surface area (Å²) in [5.41, 5.74) is 0.218. The molecule has 0 radical (unpaired) electrons. The predicted molar refractivity (Wildman–Crippen MR) is 67.7 cm³/mol. The highest BCUT2D eigenvalue weighted by molar-refractivity contribution is 5.97. The first kappa shape index (κ1) is 14.8. The first-order chi connectivity index (χ1) is 8.49. The number of carbonyl (C=O) groups excluding carboxylic acids is 1. The fraction of sp³-hybridized carbons (Fsp3) is 0.500. The average molecular weight is 255 g/mol. The summed E-state index contributed by atoms with van der Waals surface area (Å²) in [5.74, 6) is -2.09. The Labute approximate surface area is 107 Å². The molecule has 2 nitrogen and oxygen atoms in total. The summed E-state index contributed by atoms with van der Waals surface area (Å²) in [5, 5.41) is 0. The van der Waals surface area contributed by atoms with Crippen molar-refractivity contribution < 1.29 is 13.6 Å². The van der Waals surface area contributed by atoms with Crippen molar-refractivity contribution in [1.82, 2.24) is 4.90 Å². The lowest BCUT2D eigenvalue weighted by atomic mass is 10.1. The summed E-state index contributed by atoms with van der Waals surface area (Å²) >= 11 is 0. The Kier molecular flexibility index (Phi) is 5.41. The van der Waals surface area contributed by atoms with Gasteiger partial charge in [-0.25, -0.2) is 8.78 Å². The van der Waals surface area contributed by atoms with E-state index in [0.717, 1.165) is 25.1 Å². The van der Waals surface area contributed by atoms with E-state index in [0.29, 0.717) is 6.04 Å². The molecule has 0 N–H and O–H groups in total. The van der Waals surface area contributed by atoms with E-state index < -0.39 is 11.6 Å². The molecule has 1 aromatic rings. The molecule has 18 heavy (non-hydrogen) atoms. The number of hydrogen-bond donors (Lipinski definition) is 0. The maximum atomic E-state index is 13.0. The van der Waals surface area contributed by atoms with Crippen molar-refractivity contribution in [2.75, 3.05) is 13.1 Å². The van der Waals surface area contributed by atoms with Crippen LogP contribution in [0.3, 0.4) is 0 Å². The van der Waals surface area contributed by atoms with Crippen molar-refractivity contribution >= 4 is 5.78 Å². The van der Waals surface area contributed by atoms with Gasteiger partial charge in [0.05, 0.1) is 6.54 Å². The van der Waals surface area contributed by atoms with Gasteiger partial charge in [-0.05, 0) is 38.1 Å². The van der Waals surface area contributed by atoms with E-state index in [1.54, 1.807) is 0 Å². The largest absolute Gasteiger partial charge is 0.293 e. The molecule has 0 saturated heterocycles. The van der Waals surface area contributed by atoms with Gasteiger partial charge in [-0.1, -0.05) is 13.8 Å². The summed E-state index contributed by atoms with van der Waals surface area (Å²) in [6.45, 7) is 7.06.